The Balaban J connectivity index is 0.00000208. The molecule has 1 aromatic rings. The Labute approximate surface area is 147 Å². The smallest absolute Gasteiger partial charge is 0.243 e. The number of carbonyl (C=O) groups is 2. The van der Waals surface area contributed by atoms with Crippen molar-refractivity contribution in [2.75, 3.05) is 11.9 Å². The van der Waals surface area contributed by atoms with Gasteiger partial charge in [0.15, 0.2) is 0 Å². The minimum absolute atomic E-state index is 0. The van der Waals surface area contributed by atoms with Gasteiger partial charge < -0.3 is 16.0 Å². The van der Waals surface area contributed by atoms with Crippen LogP contribution in [0, 0.1) is 11.7 Å². The van der Waals surface area contributed by atoms with E-state index in [0.29, 0.717) is 30.1 Å². The van der Waals surface area contributed by atoms with E-state index in [2.05, 4.69) is 16.0 Å². The fourth-order valence-electron chi connectivity index (χ4n) is 3.59. The zero-order valence-electron chi connectivity index (χ0n) is 13.4. The van der Waals surface area contributed by atoms with E-state index in [-0.39, 0.29) is 36.6 Å². The van der Waals surface area contributed by atoms with Crippen molar-refractivity contribution >= 4 is 29.9 Å². The molecule has 5 nitrogen and oxygen atoms in total. The highest BCUT2D eigenvalue weighted by atomic mass is 35.5. The van der Waals surface area contributed by atoms with Gasteiger partial charge in [-0.25, -0.2) is 4.39 Å². The highest BCUT2D eigenvalue weighted by Crippen LogP contribution is 2.32. The number of nitrogens with one attached hydrogen (secondary N) is 3. The lowest BCUT2D eigenvalue weighted by Gasteiger charge is -2.28. The predicted molar refractivity (Wildman–Crippen MR) is 92.6 cm³/mol. The molecule has 2 saturated heterocycles. The summed E-state index contributed by atoms with van der Waals surface area (Å²) >= 11 is 0. The molecule has 2 amide bonds. The molecule has 24 heavy (non-hydrogen) atoms. The molecule has 2 aliphatic heterocycles. The van der Waals surface area contributed by atoms with Gasteiger partial charge in [0.05, 0.1) is 6.54 Å². The molecule has 0 aliphatic carbocycles. The number of halogens is 2. The molecule has 0 aromatic heterocycles. The van der Waals surface area contributed by atoms with E-state index in [0.717, 1.165) is 12.8 Å². The first-order valence-electron chi connectivity index (χ1n) is 8.16. The second kappa shape index (κ2) is 8.44. The third-order valence-corrected chi connectivity index (χ3v) is 4.62. The molecule has 2 unspecified atom stereocenters. The Bertz CT molecular complexity index is 570. The normalized spacial score (nSPS) is 24.8. The molecule has 0 spiro atoms. The fourth-order valence-corrected chi connectivity index (χ4v) is 3.59. The summed E-state index contributed by atoms with van der Waals surface area (Å²) in [5, 5.41) is 8.84. The van der Waals surface area contributed by atoms with Crippen LogP contribution in [0.2, 0.25) is 0 Å². The quantitative estimate of drug-likeness (QED) is 0.758. The number of piperidine rings is 1. The maximum absolute atomic E-state index is 12.8. The van der Waals surface area contributed by atoms with Crippen LogP contribution in [0.4, 0.5) is 10.1 Å². The summed E-state index contributed by atoms with van der Waals surface area (Å²) in [7, 11) is 0. The molecule has 2 fully saturated rings. The molecule has 0 radical (unpaired) electrons. The number of rotatable bonds is 5. The largest absolute Gasteiger partial charge is 0.347 e. The van der Waals surface area contributed by atoms with Crippen LogP contribution < -0.4 is 16.0 Å². The van der Waals surface area contributed by atoms with Gasteiger partial charge in [-0.05, 0) is 55.9 Å². The van der Waals surface area contributed by atoms with Gasteiger partial charge in [-0.15, -0.1) is 12.4 Å². The molecule has 2 heterocycles. The molecule has 0 saturated carbocycles. The molecular weight excluding hydrogens is 333 g/mol. The summed E-state index contributed by atoms with van der Waals surface area (Å²) in [5.74, 6) is -0.331. The second-order valence-corrected chi connectivity index (χ2v) is 6.51. The predicted octanol–water partition coefficient (Wildman–Crippen LogP) is 2.22. The number of benzene rings is 1. The maximum atomic E-state index is 12.8. The number of hydrogen-bond donors (Lipinski definition) is 3. The fraction of sp³-hybridized carbons (Fsp3) is 0.529. The van der Waals surface area contributed by atoms with Crippen LogP contribution in [-0.4, -0.2) is 30.4 Å². The van der Waals surface area contributed by atoms with Crippen LogP contribution in [0.5, 0.6) is 0 Å². The standard InChI is InChI=1S/C17H22FN3O2.ClH/c18-12-1-3-13(4-2-12)21-17(23)10-19-16(22)9-11-7-14-5-6-15(8-11)20-14;/h1-4,11,14-15,20H,5-10H2,(H,19,22)(H,21,23);1H. The van der Waals surface area contributed by atoms with E-state index in [4.69, 9.17) is 0 Å². The number of carbonyl (C=O) groups excluding carboxylic acids is 2. The number of anilines is 1. The van der Waals surface area contributed by atoms with Gasteiger partial charge in [-0.2, -0.15) is 0 Å². The van der Waals surface area contributed by atoms with Crippen LogP contribution >= 0.6 is 12.4 Å². The summed E-state index contributed by atoms with van der Waals surface area (Å²) in [4.78, 5) is 23.8. The zero-order valence-corrected chi connectivity index (χ0v) is 14.2. The van der Waals surface area contributed by atoms with E-state index in [1.807, 2.05) is 0 Å². The van der Waals surface area contributed by atoms with Crippen molar-refractivity contribution in [1.29, 1.82) is 0 Å². The number of fused-ring (bicyclic) bond motifs is 2. The van der Waals surface area contributed by atoms with Crippen molar-refractivity contribution in [3.8, 4) is 0 Å². The first-order valence-corrected chi connectivity index (χ1v) is 8.16. The molecule has 2 bridgehead atoms. The van der Waals surface area contributed by atoms with Crippen LogP contribution in [0.1, 0.15) is 32.1 Å². The van der Waals surface area contributed by atoms with Gasteiger partial charge in [0, 0.05) is 24.2 Å². The molecule has 7 heteroatoms. The van der Waals surface area contributed by atoms with Crippen LogP contribution in [0.25, 0.3) is 0 Å². The Morgan fingerprint density at radius 3 is 2.33 bits per heavy atom. The topological polar surface area (TPSA) is 70.2 Å². The van der Waals surface area contributed by atoms with Gasteiger partial charge in [-0.1, -0.05) is 0 Å². The van der Waals surface area contributed by atoms with Crippen molar-refractivity contribution in [2.24, 2.45) is 5.92 Å². The van der Waals surface area contributed by atoms with Gasteiger partial charge >= 0.3 is 0 Å². The molecule has 3 N–H and O–H groups in total. The summed E-state index contributed by atoms with van der Waals surface area (Å²) in [5.41, 5.74) is 0.514. The Morgan fingerprint density at radius 1 is 1.08 bits per heavy atom. The van der Waals surface area contributed by atoms with E-state index in [1.54, 1.807) is 0 Å². The van der Waals surface area contributed by atoms with E-state index >= 15 is 0 Å². The second-order valence-electron chi connectivity index (χ2n) is 6.51. The van der Waals surface area contributed by atoms with Crippen molar-refractivity contribution < 1.29 is 14.0 Å². The zero-order chi connectivity index (χ0) is 16.2. The Kier molecular flexibility index (Phi) is 6.57. The maximum Gasteiger partial charge on any atom is 0.243 e. The van der Waals surface area contributed by atoms with Crippen LogP contribution in [0.15, 0.2) is 24.3 Å². The first-order chi connectivity index (χ1) is 11.1. The van der Waals surface area contributed by atoms with Crippen molar-refractivity contribution in [3.05, 3.63) is 30.1 Å². The SMILES string of the molecule is Cl.O=C(CC1CC2CCC(C1)N2)NCC(=O)Nc1ccc(F)cc1. The van der Waals surface area contributed by atoms with E-state index in [1.165, 1.54) is 37.1 Å². The molecule has 2 atom stereocenters. The van der Waals surface area contributed by atoms with Crippen LogP contribution in [0.3, 0.4) is 0 Å². The van der Waals surface area contributed by atoms with Gasteiger partial charge in [0.25, 0.3) is 0 Å². The average Bonchev–Trinajstić information content (AvgIpc) is 2.86. The highest BCUT2D eigenvalue weighted by molar-refractivity contribution is 5.94. The molecule has 2 aliphatic rings. The highest BCUT2D eigenvalue weighted by Gasteiger charge is 2.34. The molecule has 1 aromatic carbocycles. The van der Waals surface area contributed by atoms with E-state index in [9.17, 15) is 14.0 Å². The molecule has 3 rings (SSSR count). The summed E-state index contributed by atoms with van der Waals surface area (Å²) in [6.07, 6.45) is 5.00. The molecule has 132 valence electrons. The summed E-state index contributed by atoms with van der Waals surface area (Å²) in [6, 6.07) is 6.65. The lowest BCUT2D eigenvalue weighted by atomic mass is 9.89. The minimum atomic E-state index is -0.354. The van der Waals surface area contributed by atoms with Crippen molar-refractivity contribution in [3.63, 3.8) is 0 Å². The van der Waals surface area contributed by atoms with Crippen LogP contribution in [-0.2, 0) is 9.59 Å². The number of hydrogen-bond acceptors (Lipinski definition) is 3. The third-order valence-electron chi connectivity index (χ3n) is 4.62. The van der Waals surface area contributed by atoms with Gasteiger partial charge in [0.1, 0.15) is 5.82 Å². The lowest BCUT2D eigenvalue weighted by molar-refractivity contribution is -0.125. The first kappa shape index (κ1) is 18.7. The third kappa shape index (κ3) is 5.18. The minimum Gasteiger partial charge on any atom is -0.347 e. The van der Waals surface area contributed by atoms with Crippen molar-refractivity contribution in [2.45, 2.75) is 44.2 Å². The monoisotopic (exact) mass is 355 g/mol. The van der Waals surface area contributed by atoms with Crippen molar-refractivity contribution in [1.82, 2.24) is 10.6 Å². The average molecular weight is 356 g/mol. The number of amides is 2. The Morgan fingerprint density at radius 2 is 1.71 bits per heavy atom. The van der Waals surface area contributed by atoms with E-state index < -0.39 is 0 Å². The molecular formula is C17H23ClFN3O2. The van der Waals surface area contributed by atoms with Gasteiger partial charge in [-0.3, -0.25) is 9.59 Å². The van der Waals surface area contributed by atoms with Gasteiger partial charge in [0.2, 0.25) is 11.8 Å². The summed E-state index contributed by atoms with van der Waals surface area (Å²) in [6.45, 7) is -0.0615. The lowest BCUT2D eigenvalue weighted by Crippen LogP contribution is -2.40. The Hall–Kier alpha value is -1.66. The summed E-state index contributed by atoms with van der Waals surface area (Å²) < 4.78 is 12.8.